The van der Waals surface area contributed by atoms with Crippen molar-refractivity contribution in [3.63, 3.8) is 0 Å². The molecule has 0 aromatic carbocycles. The van der Waals surface area contributed by atoms with Crippen molar-refractivity contribution in [2.75, 3.05) is 0 Å². The van der Waals surface area contributed by atoms with Gasteiger partial charge in [0.1, 0.15) is 10.4 Å². The number of nitrogens with zero attached hydrogens (tertiary/aromatic N) is 1. The van der Waals surface area contributed by atoms with Gasteiger partial charge in [-0.2, -0.15) is 0 Å². The third kappa shape index (κ3) is 2.04. The monoisotopic (exact) mass is 223 g/mol. The fourth-order valence-corrected chi connectivity index (χ4v) is 2.18. The summed E-state index contributed by atoms with van der Waals surface area (Å²) in [6.45, 7) is 5.58. The second kappa shape index (κ2) is 3.38. The van der Waals surface area contributed by atoms with Gasteiger partial charge in [0.05, 0.1) is 0 Å². The summed E-state index contributed by atoms with van der Waals surface area (Å²) in [4.78, 5) is 12.7. The Balaban J connectivity index is 2.32. The largest absolute Gasteiger partial charge is 0.443 e. The Kier molecular flexibility index (Phi) is 2.31. The standard InChI is InChI=1S/C11H13NO2S/c1-11(2,3)14-10(13)12-6-4-8-5-7-15-9(8)12/h4-7H,1-3H3. The predicted molar refractivity (Wildman–Crippen MR) is 61.4 cm³/mol. The molecular formula is C11H13NO2S. The number of ether oxygens (including phenoxy) is 1. The van der Waals surface area contributed by atoms with Crippen LogP contribution in [0.2, 0.25) is 0 Å². The molecule has 80 valence electrons. The van der Waals surface area contributed by atoms with Crippen LogP contribution in [0.15, 0.2) is 23.7 Å². The molecule has 0 saturated heterocycles. The molecule has 0 radical (unpaired) electrons. The van der Waals surface area contributed by atoms with E-state index in [1.54, 1.807) is 10.8 Å². The highest BCUT2D eigenvalue weighted by Crippen LogP contribution is 2.22. The van der Waals surface area contributed by atoms with Crippen LogP contribution in [0.4, 0.5) is 4.79 Å². The number of hydrogen-bond donors (Lipinski definition) is 0. The van der Waals surface area contributed by atoms with Crippen molar-refractivity contribution in [3.8, 4) is 0 Å². The van der Waals surface area contributed by atoms with Crippen LogP contribution in [-0.4, -0.2) is 16.3 Å². The molecule has 0 aliphatic rings. The quantitative estimate of drug-likeness (QED) is 0.684. The lowest BCUT2D eigenvalue weighted by Gasteiger charge is -2.19. The van der Waals surface area contributed by atoms with Crippen LogP contribution in [0.3, 0.4) is 0 Å². The van der Waals surface area contributed by atoms with Crippen molar-refractivity contribution in [2.45, 2.75) is 26.4 Å². The van der Waals surface area contributed by atoms with E-state index in [0.717, 1.165) is 10.2 Å². The normalized spacial score (nSPS) is 11.9. The van der Waals surface area contributed by atoms with E-state index in [4.69, 9.17) is 4.74 Å². The molecule has 0 amide bonds. The Morgan fingerprint density at radius 1 is 1.40 bits per heavy atom. The smallest absolute Gasteiger partial charge is 0.419 e. The van der Waals surface area contributed by atoms with Gasteiger partial charge in [-0.15, -0.1) is 11.3 Å². The average molecular weight is 223 g/mol. The van der Waals surface area contributed by atoms with Crippen molar-refractivity contribution in [1.29, 1.82) is 0 Å². The second-order valence-electron chi connectivity index (χ2n) is 4.35. The molecule has 0 saturated carbocycles. The molecule has 0 spiro atoms. The van der Waals surface area contributed by atoms with Crippen LogP contribution in [0.5, 0.6) is 0 Å². The zero-order chi connectivity index (χ0) is 11.1. The Bertz CT molecular complexity index is 490. The Morgan fingerprint density at radius 3 is 2.80 bits per heavy atom. The molecule has 0 atom stereocenters. The van der Waals surface area contributed by atoms with Crippen LogP contribution in [0, 0.1) is 0 Å². The summed E-state index contributed by atoms with van der Waals surface area (Å²) in [5, 5.41) is 3.04. The van der Waals surface area contributed by atoms with Gasteiger partial charge >= 0.3 is 6.09 Å². The molecule has 0 N–H and O–H groups in total. The van der Waals surface area contributed by atoms with Gasteiger partial charge in [-0.3, -0.25) is 0 Å². The van der Waals surface area contributed by atoms with Crippen LogP contribution >= 0.6 is 11.3 Å². The van der Waals surface area contributed by atoms with Crippen LogP contribution in [0.1, 0.15) is 20.8 Å². The van der Waals surface area contributed by atoms with E-state index in [2.05, 4.69) is 0 Å². The van der Waals surface area contributed by atoms with Gasteiger partial charge in [0.25, 0.3) is 0 Å². The number of carbonyl (C=O) groups is 1. The van der Waals surface area contributed by atoms with Gasteiger partial charge in [0.2, 0.25) is 0 Å². The molecule has 0 unspecified atom stereocenters. The number of rotatable bonds is 0. The molecule has 2 rings (SSSR count). The molecule has 3 nitrogen and oxygen atoms in total. The fourth-order valence-electron chi connectivity index (χ4n) is 1.31. The lowest BCUT2D eigenvalue weighted by Crippen LogP contribution is -2.26. The summed E-state index contributed by atoms with van der Waals surface area (Å²) in [6, 6.07) is 3.90. The van der Waals surface area contributed by atoms with Crippen molar-refractivity contribution in [1.82, 2.24) is 4.57 Å². The summed E-state index contributed by atoms with van der Waals surface area (Å²) in [5.74, 6) is 0. The zero-order valence-corrected chi connectivity index (χ0v) is 9.80. The summed E-state index contributed by atoms with van der Waals surface area (Å²) in [5.41, 5.74) is -0.453. The Hall–Kier alpha value is -1.29. The van der Waals surface area contributed by atoms with Crippen molar-refractivity contribution < 1.29 is 9.53 Å². The summed E-state index contributed by atoms with van der Waals surface area (Å²) >= 11 is 1.54. The van der Waals surface area contributed by atoms with E-state index >= 15 is 0 Å². The molecule has 0 fully saturated rings. The summed E-state index contributed by atoms with van der Waals surface area (Å²) in [6.07, 6.45) is 1.43. The first kappa shape index (κ1) is 10.2. The predicted octanol–water partition coefficient (Wildman–Crippen LogP) is 3.49. The zero-order valence-electron chi connectivity index (χ0n) is 8.98. The molecule has 0 aliphatic heterocycles. The molecule has 15 heavy (non-hydrogen) atoms. The van der Waals surface area contributed by atoms with E-state index in [1.165, 1.54) is 11.3 Å². The molecule has 4 heteroatoms. The van der Waals surface area contributed by atoms with Gasteiger partial charge in [-0.1, -0.05) is 0 Å². The summed E-state index contributed by atoms with van der Waals surface area (Å²) in [7, 11) is 0. The third-order valence-corrected chi connectivity index (χ3v) is 2.81. The molecule has 0 aliphatic carbocycles. The maximum atomic E-state index is 11.8. The Morgan fingerprint density at radius 2 is 2.13 bits per heavy atom. The number of carbonyl (C=O) groups excluding carboxylic acids is 1. The number of aromatic nitrogens is 1. The lowest BCUT2D eigenvalue weighted by atomic mass is 10.2. The topological polar surface area (TPSA) is 31.2 Å². The highest BCUT2D eigenvalue weighted by molar-refractivity contribution is 7.16. The maximum absolute atomic E-state index is 11.8. The third-order valence-electron chi connectivity index (χ3n) is 1.89. The van der Waals surface area contributed by atoms with Gasteiger partial charge in [0.15, 0.2) is 0 Å². The number of hydrogen-bond acceptors (Lipinski definition) is 3. The first-order chi connectivity index (χ1) is 6.97. The fraction of sp³-hybridized carbons (Fsp3) is 0.364. The highest BCUT2D eigenvalue weighted by atomic mass is 32.1. The van der Waals surface area contributed by atoms with E-state index < -0.39 is 5.60 Å². The summed E-state index contributed by atoms with van der Waals surface area (Å²) < 4.78 is 6.84. The highest BCUT2D eigenvalue weighted by Gasteiger charge is 2.19. The first-order valence-corrected chi connectivity index (χ1v) is 5.63. The van der Waals surface area contributed by atoms with Crippen molar-refractivity contribution in [3.05, 3.63) is 23.7 Å². The minimum absolute atomic E-state index is 0.319. The van der Waals surface area contributed by atoms with Gasteiger partial charge in [-0.25, -0.2) is 9.36 Å². The van der Waals surface area contributed by atoms with E-state index in [1.807, 2.05) is 38.3 Å². The van der Waals surface area contributed by atoms with Crippen LogP contribution in [0.25, 0.3) is 10.2 Å². The minimum atomic E-state index is -0.453. The number of thiophene rings is 1. The van der Waals surface area contributed by atoms with Crippen LogP contribution < -0.4 is 0 Å². The first-order valence-electron chi connectivity index (χ1n) is 4.75. The van der Waals surface area contributed by atoms with Gasteiger partial charge < -0.3 is 4.74 Å². The molecule has 2 aromatic rings. The van der Waals surface area contributed by atoms with Crippen molar-refractivity contribution in [2.24, 2.45) is 0 Å². The molecule has 0 bridgehead atoms. The lowest BCUT2D eigenvalue weighted by molar-refractivity contribution is 0.0545. The van der Waals surface area contributed by atoms with Gasteiger partial charge in [0, 0.05) is 11.6 Å². The van der Waals surface area contributed by atoms with E-state index in [0.29, 0.717) is 0 Å². The molecular weight excluding hydrogens is 210 g/mol. The SMILES string of the molecule is CC(C)(C)OC(=O)n1ccc2ccsc21. The van der Waals surface area contributed by atoms with Gasteiger partial charge in [-0.05, 0) is 38.3 Å². The average Bonchev–Trinajstić information content (AvgIpc) is 2.57. The Labute approximate surface area is 92.3 Å². The van der Waals surface area contributed by atoms with E-state index in [9.17, 15) is 4.79 Å². The maximum Gasteiger partial charge on any atom is 0.419 e. The van der Waals surface area contributed by atoms with E-state index in [-0.39, 0.29) is 6.09 Å². The molecule has 2 aromatic heterocycles. The number of fused-ring (bicyclic) bond motifs is 1. The molecule has 2 heterocycles. The van der Waals surface area contributed by atoms with Crippen molar-refractivity contribution >= 4 is 27.6 Å². The van der Waals surface area contributed by atoms with Crippen LogP contribution in [-0.2, 0) is 4.74 Å². The second-order valence-corrected chi connectivity index (χ2v) is 5.24. The minimum Gasteiger partial charge on any atom is -0.443 e.